The molecule has 1 aliphatic carbocycles. The molecule has 3 nitrogen and oxygen atoms in total. The molecule has 0 aromatic heterocycles. The minimum atomic E-state index is 0.107. The van der Waals surface area contributed by atoms with Crippen LogP contribution in [0.2, 0.25) is 0 Å². The molecule has 1 amide bonds. The van der Waals surface area contributed by atoms with Crippen LogP contribution >= 0.6 is 0 Å². The van der Waals surface area contributed by atoms with Gasteiger partial charge in [0.1, 0.15) is 0 Å². The topological polar surface area (TPSA) is 32.3 Å². The van der Waals surface area contributed by atoms with E-state index in [9.17, 15) is 4.79 Å². The summed E-state index contributed by atoms with van der Waals surface area (Å²) < 4.78 is 0. The van der Waals surface area contributed by atoms with Crippen molar-refractivity contribution in [2.75, 3.05) is 16.8 Å². The van der Waals surface area contributed by atoms with Gasteiger partial charge in [-0.2, -0.15) is 0 Å². The monoisotopic (exact) mass is 188 g/mol. The zero-order chi connectivity index (χ0) is 9.54. The van der Waals surface area contributed by atoms with E-state index >= 15 is 0 Å². The van der Waals surface area contributed by atoms with E-state index in [2.05, 4.69) is 16.3 Å². The zero-order valence-corrected chi connectivity index (χ0v) is 7.86. The average molecular weight is 188 g/mol. The Bertz CT molecular complexity index is 385. The average Bonchev–Trinajstić information content (AvgIpc) is 2.99. The van der Waals surface area contributed by atoms with Crippen molar-refractivity contribution in [2.45, 2.75) is 18.9 Å². The summed E-state index contributed by atoms with van der Waals surface area (Å²) >= 11 is 0. The normalized spacial score (nSPS) is 20.3. The fourth-order valence-electron chi connectivity index (χ4n) is 1.97. The third kappa shape index (κ3) is 1.16. The minimum absolute atomic E-state index is 0.107. The molecule has 0 bridgehead atoms. The van der Waals surface area contributed by atoms with Crippen molar-refractivity contribution in [2.24, 2.45) is 0 Å². The second kappa shape index (κ2) is 2.74. The standard InChI is InChI=1S/C11H12N2O/c14-11-7-13(8-5-6-8)10-4-2-1-3-9(10)12-11/h1-4,8H,5-7H2,(H,12,14). The molecule has 0 radical (unpaired) electrons. The molecular formula is C11H12N2O. The number of para-hydroxylation sites is 2. The van der Waals surface area contributed by atoms with E-state index in [4.69, 9.17) is 0 Å². The lowest BCUT2D eigenvalue weighted by Gasteiger charge is -2.30. The predicted octanol–water partition coefficient (Wildman–Crippen LogP) is 1.61. The first-order valence-electron chi connectivity index (χ1n) is 5.00. The molecule has 1 saturated carbocycles. The SMILES string of the molecule is O=C1CN(C2CC2)c2ccccc2N1. The lowest BCUT2D eigenvalue weighted by Crippen LogP contribution is -2.39. The summed E-state index contributed by atoms with van der Waals surface area (Å²) in [6.45, 7) is 0.516. The van der Waals surface area contributed by atoms with Crippen LogP contribution in [0.5, 0.6) is 0 Å². The van der Waals surface area contributed by atoms with E-state index in [1.165, 1.54) is 18.5 Å². The van der Waals surface area contributed by atoms with Gasteiger partial charge in [-0.05, 0) is 25.0 Å². The Morgan fingerprint density at radius 1 is 1.29 bits per heavy atom. The van der Waals surface area contributed by atoms with Gasteiger partial charge in [0.05, 0.1) is 17.9 Å². The van der Waals surface area contributed by atoms with Crippen molar-refractivity contribution in [3.05, 3.63) is 24.3 Å². The van der Waals surface area contributed by atoms with Crippen molar-refractivity contribution in [1.29, 1.82) is 0 Å². The first-order valence-corrected chi connectivity index (χ1v) is 5.00. The Labute approximate surface area is 82.7 Å². The molecule has 2 aliphatic rings. The van der Waals surface area contributed by atoms with E-state index in [0.717, 1.165) is 5.69 Å². The Morgan fingerprint density at radius 2 is 2.07 bits per heavy atom. The molecule has 0 spiro atoms. The molecule has 1 aromatic rings. The van der Waals surface area contributed by atoms with Crippen molar-refractivity contribution in [1.82, 2.24) is 0 Å². The first kappa shape index (κ1) is 7.85. The van der Waals surface area contributed by atoms with Crippen LogP contribution in [0.4, 0.5) is 11.4 Å². The van der Waals surface area contributed by atoms with E-state index in [1.54, 1.807) is 0 Å². The maximum absolute atomic E-state index is 11.4. The summed E-state index contributed by atoms with van der Waals surface area (Å²) in [5.41, 5.74) is 2.13. The van der Waals surface area contributed by atoms with E-state index in [-0.39, 0.29) is 5.91 Å². The third-order valence-corrected chi connectivity index (χ3v) is 2.79. The Hall–Kier alpha value is -1.51. The molecule has 3 heteroatoms. The van der Waals surface area contributed by atoms with E-state index in [0.29, 0.717) is 12.6 Å². The maximum atomic E-state index is 11.4. The van der Waals surface area contributed by atoms with Gasteiger partial charge in [0.25, 0.3) is 0 Å². The van der Waals surface area contributed by atoms with Gasteiger partial charge in [-0.15, -0.1) is 0 Å². The molecule has 3 rings (SSSR count). The summed E-state index contributed by atoms with van der Waals surface area (Å²) in [6.07, 6.45) is 2.45. The summed E-state index contributed by atoms with van der Waals surface area (Å²) in [5.74, 6) is 0.107. The number of anilines is 2. The highest BCUT2D eigenvalue weighted by atomic mass is 16.2. The Morgan fingerprint density at radius 3 is 2.86 bits per heavy atom. The highest BCUT2D eigenvalue weighted by Gasteiger charge is 2.34. The molecule has 1 N–H and O–H groups in total. The fraction of sp³-hybridized carbons (Fsp3) is 0.364. The summed E-state index contributed by atoms with van der Waals surface area (Å²) in [6, 6.07) is 8.61. The van der Waals surface area contributed by atoms with Crippen molar-refractivity contribution < 1.29 is 4.79 Å². The molecule has 1 aromatic carbocycles. The molecule has 1 fully saturated rings. The number of hydrogen-bond donors (Lipinski definition) is 1. The molecule has 14 heavy (non-hydrogen) atoms. The number of fused-ring (bicyclic) bond motifs is 1. The third-order valence-electron chi connectivity index (χ3n) is 2.79. The molecule has 0 saturated heterocycles. The number of benzene rings is 1. The Balaban J connectivity index is 2.04. The summed E-state index contributed by atoms with van der Waals surface area (Å²) in [7, 11) is 0. The number of nitrogens with zero attached hydrogens (tertiary/aromatic N) is 1. The van der Waals surface area contributed by atoms with E-state index in [1.807, 2.05) is 18.2 Å². The molecule has 1 aliphatic heterocycles. The lowest BCUT2D eigenvalue weighted by molar-refractivity contribution is -0.115. The van der Waals surface area contributed by atoms with Crippen molar-refractivity contribution in [3.8, 4) is 0 Å². The molecule has 1 heterocycles. The van der Waals surface area contributed by atoms with Crippen LogP contribution in [0, 0.1) is 0 Å². The number of carbonyl (C=O) groups excluding carboxylic acids is 1. The highest BCUT2D eigenvalue weighted by Crippen LogP contribution is 2.37. The van der Waals surface area contributed by atoms with Crippen LogP contribution in [-0.4, -0.2) is 18.5 Å². The van der Waals surface area contributed by atoms with Crippen LogP contribution in [-0.2, 0) is 4.79 Å². The molecule has 0 unspecified atom stereocenters. The molecule has 0 atom stereocenters. The van der Waals surface area contributed by atoms with Gasteiger partial charge in [-0.1, -0.05) is 12.1 Å². The zero-order valence-electron chi connectivity index (χ0n) is 7.86. The Kier molecular flexibility index (Phi) is 1.54. The van der Waals surface area contributed by atoms with Crippen LogP contribution in [0.1, 0.15) is 12.8 Å². The second-order valence-corrected chi connectivity index (χ2v) is 3.92. The van der Waals surface area contributed by atoms with Crippen molar-refractivity contribution >= 4 is 17.3 Å². The van der Waals surface area contributed by atoms with Crippen LogP contribution < -0.4 is 10.2 Å². The summed E-state index contributed by atoms with van der Waals surface area (Å²) in [5, 5.41) is 2.89. The van der Waals surface area contributed by atoms with Crippen LogP contribution in [0.15, 0.2) is 24.3 Å². The van der Waals surface area contributed by atoms with Crippen molar-refractivity contribution in [3.63, 3.8) is 0 Å². The number of hydrogen-bond acceptors (Lipinski definition) is 2. The maximum Gasteiger partial charge on any atom is 0.243 e. The van der Waals surface area contributed by atoms with Gasteiger partial charge < -0.3 is 10.2 Å². The van der Waals surface area contributed by atoms with Crippen LogP contribution in [0.3, 0.4) is 0 Å². The van der Waals surface area contributed by atoms with Gasteiger partial charge in [0.15, 0.2) is 0 Å². The first-order chi connectivity index (χ1) is 6.84. The summed E-state index contributed by atoms with van der Waals surface area (Å²) in [4.78, 5) is 13.6. The lowest BCUT2D eigenvalue weighted by atomic mass is 10.2. The number of carbonyl (C=O) groups is 1. The van der Waals surface area contributed by atoms with E-state index < -0.39 is 0 Å². The van der Waals surface area contributed by atoms with Gasteiger partial charge >= 0.3 is 0 Å². The van der Waals surface area contributed by atoms with Gasteiger partial charge in [-0.3, -0.25) is 4.79 Å². The fourth-order valence-corrected chi connectivity index (χ4v) is 1.97. The second-order valence-electron chi connectivity index (χ2n) is 3.92. The largest absolute Gasteiger partial charge is 0.358 e. The van der Waals surface area contributed by atoms with Gasteiger partial charge in [0, 0.05) is 6.04 Å². The number of amides is 1. The molecule has 72 valence electrons. The number of nitrogens with one attached hydrogen (secondary N) is 1. The van der Waals surface area contributed by atoms with Crippen LogP contribution in [0.25, 0.3) is 0 Å². The predicted molar refractivity (Wildman–Crippen MR) is 55.4 cm³/mol. The van der Waals surface area contributed by atoms with Gasteiger partial charge in [-0.25, -0.2) is 0 Å². The quantitative estimate of drug-likeness (QED) is 0.726. The number of rotatable bonds is 1. The van der Waals surface area contributed by atoms with Gasteiger partial charge in [0.2, 0.25) is 5.91 Å². The highest BCUT2D eigenvalue weighted by molar-refractivity contribution is 6.01. The molecular weight excluding hydrogens is 176 g/mol. The minimum Gasteiger partial charge on any atom is -0.358 e. The smallest absolute Gasteiger partial charge is 0.243 e.